The van der Waals surface area contributed by atoms with Gasteiger partial charge in [0.1, 0.15) is 6.54 Å². The Bertz CT molecular complexity index is 1200. The van der Waals surface area contributed by atoms with Gasteiger partial charge < -0.3 is 10.6 Å². The highest BCUT2D eigenvalue weighted by Gasteiger charge is 2.17. The summed E-state index contributed by atoms with van der Waals surface area (Å²) in [6.07, 6.45) is 4.91. The first-order valence-corrected chi connectivity index (χ1v) is 12.0. The van der Waals surface area contributed by atoms with Crippen LogP contribution in [0.5, 0.6) is 0 Å². The van der Waals surface area contributed by atoms with E-state index in [4.69, 9.17) is 0 Å². The van der Waals surface area contributed by atoms with Crippen molar-refractivity contribution in [3.05, 3.63) is 64.8 Å². The molecular formula is C20H16BrN7O2S2. The number of rotatable bonds is 8. The summed E-state index contributed by atoms with van der Waals surface area (Å²) in [6, 6.07) is 10.8. The zero-order chi connectivity index (χ0) is 22.3. The summed E-state index contributed by atoms with van der Waals surface area (Å²) in [5.74, 6) is 0.0751. The Morgan fingerprint density at radius 3 is 2.53 bits per heavy atom. The van der Waals surface area contributed by atoms with Crippen molar-refractivity contribution in [1.29, 1.82) is 0 Å². The maximum atomic E-state index is 12.6. The molecule has 32 heavy (non-hydrogen) atoms. The topological polar surface area (TPSA) is 115 Å². The van der Waals surface area contributed by atoms with Crippen LogP contribution in [0.25, 0.3) is 11.4 Å². The molecule has 2 N–H and O–H groups in total. The van der Waals surface area contributed by atoms with E-state index in [2.05, 4.69) is 46.6 Å². The fourth-order valence-electron chi connectivity index (χ4n) is 2.60. The lowest BCUT2D eigenvalue weighted by molar-refractivity contribution is -0.117. The molecule has 0 saturated heterocycles. The van der Waals surface area contributed by atoms with Crippen LogP contribution in [-0.4, -0.2) is 42.3 Å². The molecule has 0 saturated carbocycles. The van der Waals surface area contributed by atoms with Gasteiger partial charge in [-0.25, -0.2) is 14.6 Å². The highest BCUT2D eigenvalue weighted by molar-refractivity contribution is 9.10. The summed E-state index contributed by atoms with van der Waals surface area (Å²) < 4.78 is 2.41. The van der Waals surface area contributed by atoms with Gasteiger partial charge in [-0.05, 0) is 36.4 Å². The fourth-order valence-corrected chi connectivity index (χ4v) is 4.15. The second-order valence-electron chi connectivity index (χ2n) is 6.34. The maximum absolute atomic E-state index is 12.6. The molecule has 0 radical (unpaired) electrons. The quantitative estimate of drug-likeness (QED) is 0.332. The third-order valence-electron chi connectivity index (χ3n) is 4.01. The van der Waals surface area contributed by atoms with Crippen molar-refractivity contribution < 1.29 is 9.59 Å². The highest BCUT2D eigenvalue weighted by Crippen LogP contribution is 2.22. The highest BCUT2D eigenvalue weighted by atomic mass is 79.9. The molecular weight excluding hydrogens is 514 g/mol. The van der Waals surface area contributed by atoms with Crippen LogP contribution in [0.15, 0.2) is 70.0 Å². The number of aromatic nitrogens is 5. The van der Waals surface area contributed by atoms with E-state index in [9.17, 15) is 9.59 Å². The lowest BCUT2D eigenvalue weighted by Gasteiger charge is -2.07. The molecule has 1 aromatic carbocycles. The number of carbonyl (C=O) groups is 2. The molecule has 0 bridgehead atoms. The Morgan fingerprint density at radius 1 is 1.03 bits per heavy atom. The predicted molar refractivity (Wildman–Crippen MR) is 127 cm³/mol. The average molecular weight is 530 g/mol. The van der Waals surface area contributed by atoms with Crippen LogP contribution in [0.1, 0.15) is 0 Å². The van der Waals surface area contributed by atoms with E-state index in [1.807, 2.05) is 12.1 Å². The number of nitrogens with zero attached hydrogens (tertiary/aromatic N) is 5. The number of thiazole rings is 1. The fraction of sp³-hybridized carbons (Fsp3) is 0.100. The number of hydrogen-bond donors (Lipinski definition) is 2. The summed E-state index contributed by atoms with van der Waals surface area (Å²) in [5, 5.41) is 12.8. The first-order chi connectivity index (χ1) is 15.6. The van der Waals surface area contributed by atoms with Crippen molar-refractivity contribution in [2.75, 3.05) is 16.4 Å². The molecule has 9 nitrogen and oxygen atoms in total. The minimum absolute atomic E-state index is 0.0510. The largest absolute Gasteiger partial charge is 0.324 e. The molecule has 0 unspecified atom stereocenters. The second-order valence-corrected chi connectivity index (χ2v) is 9.09. The predicted octanol–water partition coefficient (Wildman–Crippen LogP) is 3.93. The van der Waals surface area contributed by atoms with Crippen molar-refractivity contribution in [2.45, 2.75) is 11.7 Å². The summed E-state index contributed by atoms with van der Waals surface area (Å²) in [6.45, 7) is -0.0510. The van der Waals surface area contributed by atoms with Crippen LogP contribution in [0.3, 0.4) is 0 Å². The summed E-state index contributed by atoms with van der Waals surface area (Å²) in [7, 11) is 0. The number of nitrogens with one attached hydrogen (secondary N) is 2. The minimum Gasteiger partial charge on any atom is -0.324 e. The van der Waals surface area contributed by atoms with Gasteiger partial charge in [0.2, 0.25) is 11.8 Å². The van der Waals surface area contributed by atoms with Gasteiger partial charge in [-0.15, -0.1) is 16.4 Å². The van der Waals surface area contributed by atoms with Gasteiger partial charge in [-0.2, -0.15) is 0 Å². The molecule has 0 atom stereocenters. The number of pyridine rings is 1. The van der Waals surface area contributed by atoms with Crippen LogP contribution < -0.4 is 10.6 Å². The van der Waals surface area contributed by atoms with E-state index in [1.54, 1.807) is 48.2 Å². The van der Waals surface area contributed by atoms with Crippen molar-refractivity contribution in [2.24, 2.45) is 0 Å². The normalized spacial score (nSPS) is 10.7. The van der Waals surface area contributed by atoms with Gasteiger partial charge >= 0.3 is 0 Å². The van der Waals surface area contributed by atoms with Crippen molar-refractivity contribution in [3.63, 3.8) is 0 Å². The molecule has 3 aromatic heterocycles. The van der Waals surface area contributed by atoms with E-state index >= 15 is 0 Å². The van der Waals surface area contributed by atoms with Crippen molar-refractivity contribution in [3.8, 4) is 11.4 Å². The number of halogens is 1. The molecule has 0 aliphatic rings. The zero-order valence-corrected chi connectivity index (χ0v) is 19.7. The summed E-state index contributed by atoms with van der Waals surface area (Å²) >= 11 is 5.90. The Kier molecular flexibility index (Phi) is 7.24. The van der Waals surface area contributed by atoms with E-state index in [-0.39, 0.29) is 24.1 Å². The SMILES string of the molecule is O=C(Cn1nc(-c2ccncc2)nc1SCC(=O)Nc1nccs1)Nc1ccc(Br)cc1. The Morgan fingerprint density at radius 2 is 1.81 bits per heavy atom. The van der Waals surface area contributed by atoms with Crippen LogP contribution in [0.2, 0.25) is 0 Å². The molecule has 2 amide bonds. The van der Waals surface area contributed by atoms with Gasteiger partial charge in [-0.1, -0.05) is 27.7 Å². The number of hydrogen-bond acceptors (Lipinski definition) is 8. The zero-order valence-electron chi connectivity index (χ0n) is 16.4. The lowest BCUT2D eigenvalue weighted by Crippen LogP contribution is -2.20. The lowest BCUT2D eigenvalue weighted by atomic mass is 10.3. The smallest absolute Gasteiger partial charge is 0.246 e. The first kappa shape index (κ1) is 22.1. The number of amides is 2. The van der Waals surface area contributed by atoms with Crippen molar-refractivity contribution in [1.82, 2.24) is 24.7 Å². The van der Waals surface area contributed by atoms with E-state index in [1.165, 1.54) is 27.8 Å². The molecule has 0 aliphatic heterocycles. The first-order valence-electron chi connectivity index (χ1n) is 9.29. The van der Waals surface area contributed by atoms with Crippen LogP contribution in [0, 0.1) is 0 Å². The third-order valence-corrected chi connectivity index (χ3v) is 6.19. The monoisotopic (exact) mass is 529 g/mol. The Labute approximate surface area is 199 Å². The molecule has 12 heteroatoms. The minimum atomic E-state index is -0.257. The number of thioether (sulfide) groups is 1. The molecule has 0 spiro atoms. The Hall–Kier alpha value is -3.09. The molecule has 4 aromatic rings. The molecule has 0 aliphatic carbocycles. The van der Waals surface area contributed by atoms with Gasteiger partial charge in [-0.3, -0.25) is 14.6 Å². The number of benzene rings is 1. The molecule has 162 valence electrons. The van der Waals surface area contributed by atoms with Gasteiger partial charge in [0.25, 0.3) is 0 Å². The maximum Gasteiger partial charge on any atom is 0.246 e. The second kappa shape index (κ2) is 10.5. The Balaban J connectivity index is 1.48. The molecule has 3 heterocycles. The van der Waals surface area contributed by atoms with E-state index in [0.29, 0.717) is 21.8 Å². The molecule has 0 fully saturated rings. The van der Waals surface area contributed by atoms with Crippen LogP contribution in [0.4, 0.5) is 10.8 Å². The standard InChI is InChI=1S/C20H16BrN7O2S2/c21-14-1-3-15(4-2-14)24-16(29)11-28-20(26-18(27-28)13-5-7-22-8-6-13)32-12-17(30)25-19-23-9-10-31-19/h1-10H,11-12H2,(H,24,29)(H,23,25,30). The third kappa shape index (κ3) is 5.99. The van der Waals surface area contributed by atoms with Crippen molar-refractivity contribution >= 4 is 61.7 Å². The number of anilines is 2. The van der Waals surface area contributed by atoms with Gasteiger partial charge in [0, 0.05) is 39.7 Å². The van der Waals surface area contributed by atoms with Gasteiger partial charge in [0.15, 0.2) is 16.1 Å². The van der Waals surface area contributed by atoms with Crippen LogP contribution >= 0.6 is 39.0 Å². The molecule has 4 rings (SSSR count). The average Bonchev–Trinajstić information content (AvgIpc) is 3.44. The van der Waals surface area contributed by atoms with Gasteiger partial charge in [0.05, 0.1) is 5.75 Å². The van der Waals surface area contributed by atoms with E-state index in [0.717, 1.165) is 10.0 Å². The summed E-state index contributed by atoms with van der Waals surface area (Å²) in [4.78, 5) is 37.4. The summed E-state index contributed by atoms with van der Waals surface area (Å²) in [5.41, 5.74) is 1.44. The number of carbonyl (C=O) groups excluding carboxylic acids is 2. The van der Waals surface area contributed by atoms with E-state index < -0.39 is 0 Å². The van der Waals surface area contributed by atoms with Crippen LogP contribution in [-0.2, 0) is 16.1 Å².